The molecule has 0 radical (unpaired) electrons. The highest BCUT2D eigenvalue weighted by molar-refractivity contribution is 9.10. The van der Waals surface area contributed by atoms with Crippen LogP contribution in [0.2, 0.25) is 0 Å². The standard InChI is InChI=1S/C9H7BrN2O2/c1-12-7-3-2-5(10)4-6(7)8(11-14)9(12)13/h2-4,14H,1H3. The molecule has 0 fully saturated rings. The Labute approximate surface area is 89.0 Å². The Morgan fingerprint density at radius 3 is 2.86 bits per heavy atom. The first-order valence-electron chi connectivity index (χ1n) is 3.95. The number of fused-ring (bicyclic) bond motifs is 1. The highest BCUT2D eigenvalue weighted by Crippen LogP contribution is 2.30. The number of amides is 1. The molecule has 1 N–H and O–H groups in total. The second-order valence-electron chi connectivity index (χ2n) is 2.97. The van der Waals surface area contributed by atoms with Crippen molar-refractivity contribution >= 4 is 33.2 Å². The summed E-state index contributed by atoms with van der Waals surface area (Å²) in [6.07, 6.45) is 0. The van der Waals surface area contributed by atoms with Crippen LogP contribution >= 0.6 is 15.9 Å². The van der Waals surface area contributed by atoms with Crippen LogP contribution in [0.15, 0.2) is 27.8 Å². The molecule has 0 atom stereocenters. The van der Waals surface area contributed by atoms with E-state index in [2.05, 4.69) is 21.1 Å². The first-order valence-corrected chi connectivity index (χ1v) is 4.74. The number of benzene rings is 1. The predicted molar refractivity (Wildman–Crippen MR) is 55.9 cm³/mol. The lowest BCUT2D eigenvalue weighted by molar-refractivity contribution is -0.112. The molecule has 0 saturated carbocycles. The van der Waals surface area contributed by atoms with Crippen LogP contribution in [0.4, 0.5) is 5.69 Å². The molecule has 2 rings (SSSR count). The molecule has 1 aliphatic heterocycles. The van der Waals surface area contributed by atoms with Crippen molar-refractivity contribution in [2.45, 2.75) is 0 Å². The Kier molecular flexibility index (Phi) is 2.03. The van der Waals surface area contributed by atoms with Crippen molar-refractivity contribution in [3.8, 4) is 0 Å². The number of hydrogen-bond donors (Lipinski definition) is 1. The number of halogens is 1. The van der Waals surface area contributed by atoms with E-state index in [1.807, 2.05) is 6.07 Å². The number of carbonyl (C=O) groups is 1. The number of likely N-dealkylation sites (N-methyl/N-ethyl adjacent to an activating group) is 1. The average molecular weight is 255 g/mol. The summed E-state index contributed by atoms with van der Waals surface area (Å²) in [5.41, 5.74) is 1.49. The van der Waals surface area contributed by atoms with E-state index in [1.54, 1.807) is 19.2 Å². The SMILES string of the molecule is CN1C(=O)C(=NO)c2cc(Br)ccc21. The summed E-state index contributed by atoms with van der Waals surface area (Å²) in [4.78, 5) is 13.0. The molecule has 1 aliphatic rings. The molecular formula is C9H7BrN2O2. The van der Waals surface area contributed by atoms with Crippen molar-refractivity contribution in [1.82, 2.24) is 0 Å². The maximum atomic E-state index is 11.5. The Morgan fingerprint density at radius 1 is 1.50 bits per heavy atom. The molecule has 4 nitrogen and oxygen atoms in total. The molecule has 0 saturated heterocycles. The third-order valence-electron chi connectivity index (χ3n) is 2.18. The summed E-state index contributed by atoms with van der Waals surface area (Å²) in [5.74, 6) is -0.291. The molecular weight excluding hydrogens is 248 g/mol. The molecule has 0 aromatic heterocycles. The largest absolute Gasteiger partial charge is 0.410 e. The lowest BCUT2D eigenvalue weighted by atomic mass is 10.1. The maximum Gasteiger partial charge on any atom is 0.280 e. The van der Waals surface area contributed by atoms with Crippen molar-refractivity contribution in [1.29, 1.82) is 0 Å². The zero-order valence-corrected chi connectivity index (χ0v) is 8.95. The molecule has 72 valence electrons. The second-order valence-corrected chi connectivity index (χ2v) is 3.89. The smallest absolute Gasteiger partial charge is 0.280 e. The maximum absolute atomic E-state index is 11.5. The summed E-state index contributed by atoms with van der Waals surface area (Å²) >= 11 is 3.29. The van der Waals surface area contributed by atoms with Gasteiger partial charge in [-0.2, -0.15) is 0 Å². The van der Waals surface area contributed by atoms with Crippen LogP contribution in [-0.2, 0) is 4.79 Å². The molecule has 0 bridgehead atoms. The molecule has 14 heavy (non-hydrogen) atoms. The first-order chi connectivity index (χ1) is 6.65. The van der Waals surface area contributed by atoms with Gasteiger partial charge in [0.15, 0.2) is 5.71 Å². The van der Waals surface area contributed by atoms with E-state index in [1.165, 1.54) is 4.90 Å². The van der Waals surface area contributed by atoms with Crippen molar-refractivity contribution < 1.29 is 10.0 Å². The fourth-order valence-electron chi connectivity index (χ4n) is 1.47. The number of oxime groups is 1. The molecule has 1 aromatic carbocycles. The summed E-state index contributed by atoms with van der Waals surface area (Å²) in [6, 6.07) is 5.39. The van der Waals surface area contributed by atoms with Gasteiger partial charge < -0.3 is 10.1 Å². The number of carbonyl (C=O) groups excluding carboxylic acids is 1. The summed E-state index contributed by atoms with van der Waals surface area (Å²) in [7, 11) is 1.65. The fourth-order valence-corrected chi connectivity index (χ4v) is 1.83. The Balaban J connectivity index is 2.68. The van der Waals surface area contributed by atoms with Crippen molar-refractivity contribution in [2.24, 2.45) is 5.16 Å². The number of nitrogens with zero attached hydrogens (tertiary/aromatic N) is 2. The van der Waals surface area contributed by atoms with Gasteiger partial charge in [-0.1, -0.05) is 21.1 Å². The van der Waals surface area contributed by atoms with E-state index in [9.17, 15) is 4.79 Å². The minimum absolute atomic E-state index is 0.0869. The predicted octanol–water partition coefficient (Wildman–Crippen LogP) is 1.60. The van der Waals surface area contributed by atoms with E-state index in [4.69, 9.17) is 5.21 Å². The van der Waals surface area contributed by atoms with E-state index < -0.39 is 0 Å². The zero-order valence-electron chi connectivity index (χ0n) is 7.36. The third kappa shape index (κ3) is 1.13. The Morgan fingerprint density at radius 2 is 2.21 bits per heavy atom. The fraction of sp³-hybridized carbons (Fsp3) is 0.111. The van der Waals surface area contributed by atoms with Crippen molar-refractivity contribution in [3.05, 3.63) is 28.2 Å². The Bertz CT molecular complexity index is 442. The molecule has 1 amide bonds. The quantitative estimate of drug-likeness (QED) is 0.565. The van der Waals surface area contributed by atoms with Gasteiger partial charge in [-0.3, -0.25) is 4.79 Å². The highest BCUT2D eigenvalue weighted by Gasteiger charge is 2.31. The lowest BCUT2D eigenvalue weighted by Crippen LogP contribution is -2.25. The zero-order chi connectivity index (χ0) is 10.3. The van der Waals surface area contributed by atoms with E-state index in [-0.39, 0.29) is 11.6 Å². The van der Waals surface area contributed by atoms with E-state index >= 15 is 0 Å². The van der Waals surface area contributed by atoms with Crippen molar-refractivity contribution in [3.63, 3.8) is 0 Å². The van der Waals surface area contributed by atoms with Gasteiger partial charge in [-0.05, 0) is 18.2 Å². The van der Waals surface area contributed by atoms with Gasteiger partial charge in [0, 0.05) is 17.1 Å². The normalized spacial score (nSPS) is 17.7. The van der Waals surface area contributed by atoms with Crippen LogP contribution in [0.3, 0.4) is 0 Å². The van der Waals surface area contributed by atoms with Crippen LogP contribution in [0, 0.1) is 0 Å². The first kappa shape index (κ1) is 9.21. The number of anilines is 1. The van der Waals surface area contributed by atoms with Gasteiger partial charge in [-0.15, -0.1) is 0 Å². The highest BCUT2D eigenvalue weighted by atomic mass is 79.9. The van der Waals surface area contributed by atoms with Crippen LogP contribution in [-0.4, -0.2) is 23.9 Å². The van der Waals surface area contributed by atoms with Gasteiger partial charge >= 0.3 is 0 Å². The van der Waals surface area contributed by atoms with Crippen LogP contribution < -0.4 is 4.90 Å². The number of hydrogen-bond acceptors (Lipinski definition) is 3. The summed E-state index contributed by atoms with van der Waals surface area (Å²) in [5, 5.41) is 11.7. The topological polar surface area (TPSA) is 52.9 Å². The molecule has 5 heteroatoms. The molecule has 0 spiro atoms. The summed E-state index contributed by atoms with van der Waals surface area (Å²) < 4.78 is 0.848. The third-order valence-corrected chi connectivity index (χ3v) is 2.68. The summed E-state index contributed by atoms with van der Waals surface area (Å²) in [6.45, 7) is 0. The number of rotatable bonds is 0. The molecule has 0 unspecified atom stereocenters. The Hall–Kier alpha value is -1.36. The minimum atomic E-state index is -0.291. The van der Waals surface area contributed by atoms with E-state index in [0.29, 0.717) is 5.56 Å². The molecule has 1 aromatic rings. The average Bonchev–Trinajstić information content (AvgIpc) is 2.39. The lowest BCUT2D eigenvalue weighted by Gasteiger charge is -2.07. The van der Waals surface area contributed by atoms with Crippen molar-refractivity contribution in [2.75, 3.05) is 11.9 Å². The molecule has 0 aliphatic carbocycles. The van der Waals surface area contributed by atoms with Crippen LogP contribution in [0.25, 0.3) is 0 Å². The molecule has 1 heterocycles. The second kappa shape index (κ2) is 3.09. The van der Waals surface area contributed by atoms with Gasteiger partial charge in [-0.25, -0.2) is 0 Å². The minimum Gasteiger partial charge on any atom is -0.410 e. The van der Waals surface area contributed by atoms with Gasteiger partial charge in [0.25, 0.3) is 5.91 Å². The van der Waals surface area contributed by atoms with Gasteiger partial charge in [0.05, 0.1) is 5.69 Å². The van der Waals surface area contributed by atoms with E-state index in [0.717, 1.165) is 10.2 Å². The van der Waals surface area contributed by atoms with Gasteiger partial charge in [0.1, 0.15) is 0 Å². The monoisotopic (exact) mass is 254 g/mol. The van der Waals surface area contributed by atoms with Crippen LogP contribution in [0.5, 0.6) is 0 Å². The van der Waals surface area contributed by atoms with Crippen LogP contribution in [0.1, 0.15) is 5.56 Å². The van der Waals surface area contributed by atoms with Gasteiger partial charge in [0.2, 0.25) is 0 Å².